The quantitative estimate of drug-likeness (QED) is 0.769. The number of likely N-dealkylation sites (tertiary alicyclic amines) is 1. The van der Waals surface area contributed by atoms with Crippen LogP contribution in [-0.4, -0.2) is 55.1 Å². The number of carbonyl (C=O) groups is 2. The van der Waals surface area contributed by atoms with Crippen molar-refractivity contribution in [2.75, 3.05) is 33.3 Å². The van der Waals surface area contributed by atoms with Crippen LogP contribution in [0.2, 0.25) is 0 Å². The average molecular weight is 400 g/mol. The van der Waals surface area contributed by atoms with Crippen molar-refractivity contribution in [3.63, 3.8) is 0 Å². The van der Waals surface area contributed by atoms with E-state index in [1.807, 2.05) is 39.0 Å². The summed E-state index contributed by atoms with van der Waals surface area (Å²) in [7, 11) is 1.73. The second-order valence-electron chi connectivity index (χ2n) is 8.34. The Morgan fingerprint density at radius 1 is 1.24 bits per heavy atom. The van der Waals surface area contributed by atoms with Crippen molar-refractivity contribution >= 4 is 12.0 Å². The van der Waals surface area contributed by atoms with Crippen LogP contribution in [0.15, 0.2) is 29.5 Å². The van der Waals surface area contributed by atoms with Gasteiger partial charge in [-0.25, -0.2) is 9.59 Å². The normalized spacial score (nSPS) is 21.3. The summed E-state index contributed by atoms with van der Waals surface area (Å²) in [6.45, 7) is 10.9. The highest BCUT2D eigenvalue weighted by Gasteiger charge is 2.38. The Morgan fingerprint density at radius 2 is 1.93 bits per heavy atom. The highest BCUT2D eigenvalue weighted by atomic mass is 16.5. The molecule has 6 heteroatoms. The zero-order chi connectivity index (χ0) is 21.1. The standard InChI is InChI=1S/C23H33N3O3/c1-6-29-22(27)20-19(14-26-11-9-15(2)10-12-26)25(5)23(28)24-21(20)18-13-16(3)7-8-17(18)4/h7-8,13,15,21H,6,9-12,14H2,1-5H3,(H,24,28)/t21-/m1/s1. The number of esters is 1. The molecule has 0 saturated carbocycles. The van der Waals surface area contributed by atoms with Gasteiger partial charge in [0, 0.05) is 19.3 Å². The second-order valence-corrected chi connectivity index (χ2v) is 8.34. The van der Waals surface area contributed by atoms with Crippen LogP contribution >= 0.6 is 0 Å². The van der Waals surface area contributed by atoms with E-state index in [0.717, 1.165) is 54.2 Å². The van der Waals surface area contributed by atoms with E-state index in [4.69, 9.17) is 4.74 Å². The molecular formula is C23H33N3O3. The average Bonchev–Trinajstić information content (AvgIpc) is 2.69. The van der Waals surface area contributed by atoms with E-state index < -0.39 is 6.04 Å². The third-order valence-electron chi connectivity index (χ3n) is 6.07. The Labute approximate surface area is 173 Å². The molecule has 158 valence electrons. The number of nitrogens with zero attached hydrogens (tertiary/aromatic N) is 2. The molecule has 0 spiro atoms. The highest BCUT2D eigenvalue weighted by molar-refractivity contribution is 5.95. The first kappa shape index (κ1) is 21.4. The monoisotopic (exact) mass is 399 g/mol. The number of likely N-dealkylation sites (N-methyl/N-ethyl adjacent to an activating group) is 1. The molecule has 0 aliphatic carbocycles. The molecule has 3 rings (SSSR count). The maximum atomic E-state index is 13.1. The van der Waals surface area contributed by atoms with Gasteiger partial charge in [-0.1, -0.05) is 30.7 Å². The number of nitrogens with one attached hydrogen (secondary N) is 1. The van der Waals surface area contributed by atoms with Crippen molar-refractivity contribution in [3.8, 4) is 0 Å². The van der Waals surface area contributed by atoms with Crippen molar-refractivity contribution < 1.29 is 14.3 Å². The van der Waals surface area contributed by atoms with Crippen molar-refractivity contribution in [2.24, 2.45) is 5.92 Å². The number of ether oxygens (including phenoxy) is 1. The topological polar surface area (TPSA) is 61.9 Å². The van der Waals surface area contributed by atoms with Gasteiger partial charge in [0.05, 0.1) is 18.2 Å². The van der Waals surface area contributed by atoms with E-state index in [-0.39, 0.29) is 12.0 Å². The first-order valence-corrected chi connectivity index (χ1v) is 10.6. The minimum Gasteiger partial charge on any atom is -0.463 e. The minimum atomic E-state index is -0.503. The molecule has 6 nitrogen and oxygen atoms in total. The summed E-state index contributed by atoms with van der Waals surface area (Å²) in [6.07, 6.45) is 2.27. The van der Waals surface area contributed by atoms with Crippen LogP contribution in [0.25, 0.3) is 0 Å². The lowest BCUT2D eigenvalue weighted by atomic mass is 9.90. The SMILES string of the molecule is CCOC(=O)C1=C(CN2CCC(C)CC2)N(C)C(=O)N[C@@H]1c1cc(C)ccc1C. The van der Waals surface area contributed by atoms with E-state index in [9.17, 15) is 9.59 Å². The summed E-state index contributed by atoms with van der Waals surface area (Å²) >= 11 is 0. The fourth-order valence-corrected chi connectivity index (χ4v) is 4.13. The van der Waals surface area contributed by atoms with Crippen molar-refractivity contribution in [1.82, 2.24) is 15.1 Å². The van der Waals surface area contributed by atoms with Gasteiger partial charge in [-0.05, 0) is 63.7 Å². The molecule has 2 aliphatic rings. The van der Waals surface area contributed by atoms with E-state index in [0.29, 0.717) is 18.7 Å². The van der Waals surface area contributed by atoms with Gasteiger partial charge in [-0.15, -0.1) is 0 Å². The lowest BCUT2D eigenvalue weighted by Crippen LogP contribution is -2.50. The minimum absolute atomic E-state index is 0.190. The van der Waals surface area contributed by atoms with Gasteiger partial charge >= 0.3 is 12.0 Å². The molecule has 0 bridgehead atoms. The Hall–Kier alpha value is -2.34. The second kappa shape index (κ2) is 8.99. The van der Waals surface area contributed by atoms with E-state index in [2.05, 4.69) is 17.1 Å². The van der Waals surface area contributed by atoms with Crippen molar-refractivity contribution in [3.05, 3.63) is 46.2 Å². The van der Waals surface area contributed by atoms with Crippen LogP contribution in [0.3, 0.4) is 0 Å². The lowest BCUT2D eigenvalue weighted by Gasteiger charge is -2.38. The number of hydrogen-bond donors (Lipinski definition) is 1. The summed E-state index contributed by atoms with van der Waals surface area (Å²) in [5.41, 5.74) is 4.36. The van der Waals surface area contributed by atoms with E-state index >= 15 is 0 Å². The lowest BCUT2D eigenvalue weighted by molar-refractivity contribution is -0.139. The first-order chi connectivity index (χ1) is 13.8. The molecule has 1 aromatic rings. The molecule has 29 heavy (non-hydrogen) atoms. The Bertz CT molecular complexity index is 810. The molecule has 1 N–H and O–H groups in total. The fraction of sp³-hybridized carbons (Fsp3) is 0.565. The van der Waals surface area contributed by atoms with Gasteiger partial charge in [-0.3, -0.25) is 9.80 Å². The summed E-state index contributed by atoms with van der Waals surface area (Å²) in [5.74, 6) is 0.366. The maximum Gasteiger partial charge on any atom is 0.338 e. The molecule has 0 aromatic heterocycles. The van der Waals surface area contributed by atoms with Gasteiger partial charge in [0.25, 0.3) is 0 Å². The van der Waals surface area contributed by atoms with Crippen LogP contribution in [0.1, 0.15) is 49.4 Å². The zero-order valence-electron chi connectivity index (χ0n) is 18.2. The van der Waals surface area contributed by atoms with Crippen molar-refractivity contribution in [1.29, 1.82) is 0 Å². The number of urea groups is 1. The van der Waals surface area contributed by atoms with Crippen LogP contribution in [-0.2, 0) is 9.53 Å². The molecule has 1 atom stereocenters. The zero-order valence-corrected chi connectivity index (χ0v) is 18.2. The molecule has 2 heterocycles. The smallest absolute Gasteiger partial charge is 0.338 e. The maximum absolute atomic E-state index is 13.1. The van der Waals surface area contributed by atoms with Gasteiger partial charge in [0.15, 0.2) is 0 Å². The van der Waals surface area contributed by atoms with Gasteiger partial charge in [0.1, 0.15) is 0 Å². The number of piperidine rings is 1. The number of aryl methyl sites for hydroxylation is 2. The molecule has 0 unspecified atom stereocenters. The van der Waals surface area contributed by atoms with Gasteiger partial charge in [-0.2, -0.15) is 0 Å². The van der Waals surface area contributed by atoms with E-state index in [1.165, 1.54) is 0 Å². The summed E-state index contributed by atoms with van der Waals surface area (Å²) < 4.78 is 5.43. The third-order valence-corrected chi connectivity index (χ3v) is 6.07. The molecule has 1 fully saturated rings. The van der Waals surface area contributed by atoms with Crippen LogP contribution < -0.4 is 5.32 Å². The Balaban J connectivity index is 2.06. The van der Waals surface area contributed by atoms with Crippen LogP contribution in [0.5, 0.6) is 0 Å². The predicted molar refractivity (Wildman–Crippen MR) is 113 cm³/mol. The molecule has 1 aromatic carbocycles. The first-order valence-electron chi connectivity index (χ1n) is 10.6. The Kier molecular flexibility index (Phi) is 6.63. The van der Waals surface area contributed by atoms with Gasteiger partial charge in [0.2, 0.25) is 0 Å². The number of carbonyl (C=O) groups excluding carboxylic acids is 2. The molecule has 2 amide bonds. The third kappa shape index (κ3) is 4.64. The molecule has 0 radical (unpaired) electrons. The van der Waals surface area contributed by atoms with Crippen LogP contribution in [0, 0.1) is 19.8 Å². The molecular weight excluding hydrogens is 366 g/mol. The van der Waals surface area contributed by atoms with Gasteiger partial charge < -0.3 is 10.1 Å². The number of hydrogen-bond acceptors (Lipinski definition) is 4. The Morgan fingerprint density at radius 3 is 2.59 bits per heavy atom. The summed E-state index contributed by atoms with van der Waals surface area (Å²) in [4.78, 5) is 29.8. The number of amides is 2. The molecule has 1 saturated heterocycles. The summed E-state index contributed by atoms with van der Waals surface area (Å²) in [6, 6.07) is 5.43. The number of rotatable bonds is 5. The van der Waals surface area contributed by atoms with E-state index in [1.54, 1.807) is 11.9 Å². The van der Waals surface area contributed by atoms with Crippen LogP contribution in [0.4, 0.5) is 4.79 Å². The molecule has 2 aliphatic heterocycles. The fourth-order valence-electron chi connectivity index (χ4n) is 4.13. The largest absolute Gasteiger partial charge is 0.463 e. The van der Waals surface area contributed by atoms with Crippen molar-refractivity contribution in [2.45, 2.75) is 46.6 Å². The summed E-state index contributed by atoms with van der Waals surface area (Å²) in [5, 5.41) is 3.02. The highest BCUT2D eigenvalue weighted by Crippen LogP contribution is 2.34. The number of benzene rings is 1. The predicted octanol–water partition coefficient (Wildman–Crippen LogP) is 3.55.